The molecule has 6 heteroatoms. The molecule has 0 radical (unpaired) electrons. The molecule has 4 rings (SSSR count). The van der Waals surface area contributed by atoms with Crippen LogP contribution in [0.2, 0.25) is 0 Å². The van der Waals surface area contributed by atoms with E-state index in [0.717, 1.165) is 11.2 Å². The molecule has 0 amide bonds. The number of hydrogen-bond acceptors (Lipinski definition) is 1. The predicted molar refractivity (Wildman–Crippen MR) is 95.6 cm³/mol. The molecule has 4 aromatic rings. The van der Waals surface area contributed by atoms with Crippen LogP contribution in [0.3, 0.4) is 0 Å². The lowest BCUT2D eigenvalue weighted by atomic mass is 10.1. The van der Waals surface area contributed by atoms with Crippen LogP contribution in [0.4, 0.5) is 18.9 Å². The van der Waals surface area contributed by atoms with Crippen LogP contribution >= 0.6 is 0 Å². The minimum atomic E-state index is -4.65. The minimum absolute atomic E-state index is 0.160. The molecule has 0 saturated carbocycles. The van der Waals surface area contributed by atoms with Gasteiger partial charge in [0.15, 0.2) is 0 Å². The van der Waals surface area contributed by atoms with E-state index >= 15 is 0 Å². The Hall–Kier alpha value is -3.28. The Morgan fingerprint density at radius 3 is 2.19 bits per heavy atom. The van der Waals surface area contributed by atoms with Gasteiger partial charge in [-0.25, -0.2) is 4.98 Å². The number of halogens is 3. The molecular formula is C20H13F3N3-. The number of para-hydroxylation sites is 4. The molecule has 1 aromatic heterocycles. The lowest BCUT2D eigenvalue weighted by Gasteiger charge is -2.27. The van der Waals surface area contributed by atoms with E-state index in [0.29, 0.717) is 16.9 Å². The molecule has 0 spiro atoms. The molecule has 0 aliphatic carbocycles. The molecule has 0 unspecified atom stereocenters. The fraction of sp³-hybridized carbons (Fsp3) is 0.0500. The van der Waals surface area contributed by atoms with Gasteiger partial charge >= 0.3 is 6.30 Å². The summed E-state index contributed by atoms with van der Waals surface area (Å²) in [5.41, 5.74) is 2.50. The summed E-state index contributed by atoms with van der Waals surface area (Å²) in [6.07, 6.45) is -4.65. The average molecular weight is 352 g/mol. The zero-order valence-electron chi connectivity index (χ0n) is 13.5. The molecule has 0 bridgehead atoms. The maximum Gasteiger partial charge on any atom is 0.332 e. The van der Waals surface area contributed by atoms with Crippen molar-refractivity contribution in [1.29, 1.82) is 0 Å². The highest BCUT2D eigenvalue weighted by Crippen LogP contribution is 2.41. The second kappa shape index (κ2) is 6.22. The number of alkyl halides is 3. The molecule has 0 saturated heterocycles. The summed E-state index contributed by atoms with van der Waals surface area (Å²) in [7, 11) is 0. The molecule has 0 N–H and O–H groups in total. The highest BCUT2D eigenvalue weighted by Gasteiger charge is 2.18. The fourth-order valence-corrected chi connectivity index (χ4v) is 2.94. The Bertz CT molecular complexity index is 1050. The van der Waals surface area contributed by atoms with Crippen molar-refractivity contribution in [2.45, 2.75) is 6.30 Å². The number of benzene rings is 3. The average Bonchev–Trinajstić information content (AvgIpc) is 3.01. The van der Waals surface area contributed by atoms with E-state index < -0.39 is 6.30 Å². The van der Waals surface area contributed by atoms with Crippen LogP contribution in [0.15, 0.2) is 78.9 Å². The zero-order valence-corrected chi connectivity index (χ0v) is 13.5. The quantitative estimate of drug-likeness (QED) is 0.403. The maximum atomic E-state index is 12.9. The Morgan fingerprint density at radius 1 is 0.769 bits per heavy atom. The molecule has 3 aromatic carbocycles. The van der Waals surface area contributed by atoms with Gasteiger partial charge in [-0.3, -0.25) is 4.57 Å². The van der Waals surface area contributed by atoms with Gasteiger partial charge in [-0.1, -0.05) is 54.6 Å². The first-order valence-corrected chi connectivity index (χ1v) is 7.95. The van der Waals surface area contributed by atoms with Crippen molar-refractivity contribution in [3.05, 3.63) is 84.2 Å². The van der Waals surface area contributed by atoms with E-state index in [1.807, 2.05) is 59.2 Å². The van der Waals surface area contributed by atoms with Crippen molar-refractivity contribution < 1.29 is 13.2 Å². The van der Waals surface area contributed by atoms with Gasteiger partial charge in [0, 0.05) is 11.3 Å². The summed E-state index contributed by atoms with van der Waals surface area (Å²) >= 11 is 0. The smallest absolute Gasteiger partial charge is 0.332 e. The normalized spacial score (nSPS) is 11.7. The number of nitrogens with zero attached hydrogens (tertiary/aromatic N) is 3. The third-order valence-corrected chi connectivity index (χ3v) is 3.97. The van der Waals surface area contributed by atoms with Crippen molar-refractivity contribution in [3.63, 3.8) is 0 Å². The lowest BCUT2D eigenvalue weighted by molar-refractivity contribution is -0.0874. The Morgan fingerprint density at radius 2 is 1.42 bits per heavy atom. The van der Waals surface area contributed by atoms with Gasteiger partial charge in [-0.15, -0.1) is 5.69 Å². The molecule has 0 aliphatic rings. The van der Waals surface area contributed by atoms with E-state index in [4.69, 9.17) is 0 Å². The molecule has 0 aliphatic heterocycles. The Kier molecular flexibility index (Phi) is 3.88. The molecule has 130 valence electrons. The number of imidazole rings is 1. The number of fused-ring (bicyclic) bond motifs is 1. The third-order valence-electron chi connectivity index (χ3n) is 3.97. The number of aromatic nitrogens is 2. The van der Waals surface area contributed by atoms with E-state index in [-0.39, 0.29) is 5.69 Å². The largest absolute Gasteiger partial charge is 0.596 e. The van der Waals surface area contributed by atoms with E-state index in [9.17, 15) is 13.2 Å². The Labute approximate surface area is 147 Å². The van der Waals surface area contributed by atoms with Crippen LogP contribution < -0.4 is 0 Å². The predicted octanol–water partition coefficient (Wildman–Crippen LogP) is 6.22. The van der Waals surface area contributed by atoms with Crippen molar-refractivity contribution in [3.8, 4) is 17.1 Å². The van der Waals surface area contributed by atoms with Crippen molar-refractivity contribution >= 4 is 16.7 Å². The molecule has 3 nitrogen and oxygen atoms in total. The first-order chi connectivity index (χ1) is 12.5. The van der Waals surface area contributed by atoms with Gasteiger partial charge in [0.2, 0.25) is 0 Å². The van der Waals surface area contributed by atoms with Crippen LogP contribution in [-0.4, -0.2) is 15.9 Å². The van der Waals surface area contributed by atoms with Gasteiger partial charge in [0.05, 0.1) is 11.0 Å². The molecule has 0 fully saturated rings. The van der Waals surface area contributed by atoms with E-state index in [2.05, 4.69) is 10.3 Å². The molecule has 1 heterocycles. The standard InChI is InChI=1S/C20H13F3N3/c21-20(22,23)25-16-11-5-4-10-15(16)19-24-17-12-6-7-13-18(17)26(19)14-8-2-1-3-9-14/h1-13H/q-1. The number of hydrogen-bond donors (Lipinski definition) is 0. The van der Waals surface area contributed by atoms with Crippen molar-refractivity contribution in [2.24, 2.45) is 0 Å². The van der Waals surface area contributed by atoms with E-state index in [1.54, 1.807) is 12.1 Å². The van der Waals surface area contributed by atoms with Crippen LogP contribution in [-0.2, 0) is 0 Å². The summed E-state index contributed by atoms with van der Waals surface area (Å²) in [4.78, 5) is 4.59. The lowest BCUT2D eigenvalue weighted by Crippen LogP contribution is -2.04. The highest BCUT2D eigenvalue weighted by atomic mass is 19.4. The first kappa shape index (κ1) is 16.2. The van der Waals surface area contributed by atoms with Gasteiger partial charge in [0.25, 0.3) is 0 Å². The first-order valence-electron chi connectivity index (χ1n) is 7.95. The SMILES string of the molecule is FC(F)(F)[N-]c1ccccc1-c1nc2ccccc2n1-c1ccccc1. The van der Waals surface area contributed by atoms with Crippen LogP contribution in [0.25, 0.3) is 33.4 Å². The monoisotopic (exact) mass is 352 g/mol. The molecule has 0 atom stereocenters. The summed E-state index contributed by atoms with van der Waals surface area (Å²) in [5.74, 6) is 0.418. The van der Waals surface area contributed by atoms with Gasteiger partial charge < -0.3 is 5.32 Å². The summed E-state index contributed by atoms with van der Waals surface area (Å²) < 4.78 is 40.5. The van der Waals surface area contributed by atoms with Crippen LogP contribution in [0.1, 0.15) is 0 Å². The summed E-state index contributed by atoms with van der Waals surface area (Å²) in [5, 5.41) is 2.92. The van der Waals surface area contributed by atoms with Crippen molar-refractivity contribution in [1.82, 2.24) is 9.55 Å². The van der Waals surface area contributed by atoms with Gasteiger partial charge in [-0.2, -0.15) is 13.2 Å². The summed E-state index contributed by atoms with van der Waals surface area (Å²) in [6, 6.07) is 23.0. The second-order valence-electron chi connectivity index (χ2n) is 5.69. The topological polar surface area (TPSA) is 31.9 Å². The summed E-state index contributed by atoms with van der Waals surface area (Å²) in [6.45, 7) is 0. The van der Waals surface area contributed by atoms with Crippen LogP contribution in [0.5, 0.6) is 0 Å². The zero-order chi connectivity index (χ0) is 18.1. The number of rotatable bonds is 3. The Balaban J connectivity index is 1.99. The maximum absolute atomic E-state index is 12.9. The second-order valence-corrected chi connectivity index (χ2v) is 5.69. The molecular weight excluding hydrogens is 339 g/mol. The van der Waals surface area contributed by atoms with Gasteiger partial charge in [-0.05, 0) is 24.3 Å². The molecule has 26 heavy (non-hydrogen) atoms. The van der Waals surface area contributed by atoms with E-state index in [1.165, 1.54) is 12.1 Å². The van der Waals surface area contributed by atoms with Crippen LogP contribution in [0, 0.1) is 0 Å². The fourth-order valence-electron chi connectivity index (χ4n) is 2.94. The van der Waals surface area contributed by atoms with Crippen molar-refractivity contribution in [2.75, 3.05) is 0 Å². The minimum Gasteiger partial charge on any atom is -0.596 e. The highest BCUT2D eigenvalue weighted by molar-refractivity contribution is 5.87. The third kappa shape index (κ3) is 3.01. The van der Waals surface area contributed by atoms with Gasteiger partial charge in [0.1, 0.15) is 5.82 Å².